The molecule has 1 aliphatic rings. The molecule has 0 aromatic carbocycles. The third-order valence-corrected chi connectivity index (χ3v) is 2.49. The van der Waals surface area contributed by atoms with Crippen molar-refractivity contribution >= 4 is 17.7 Å². The molecule has 0 bridgehead atoms. The molecular weight excluding hydrogens is 196 g/mol. The van der Waals surface area contributed by atoms with E-state index in [9.17, 15) is 14.4 Å². The van der Waals surface area contributed by atoms with Gasteiger partial charge in [0.15, 0.2) is 0 Å². The van der Waals surface area contributed by atoms with Crippen molar-refractivity contribution in [3.63, 3.8) is 0 Å². The van der Waals surface area contributed by atoms with E-state index in [4.69, 9.17) is 0 Å². The Morgan fingerprint density at radius 3 is 2.60 bits per heavy atom. The van der Waals surface area contributed by atoms with Gasteiger partial charge in [-0.1, -0.05) is 13.8 Å². The smallest absolute Gasteiger partial charge is 0.251 e. The number of hydrogen-bond acceptors (Lipinski definition) is 3. The number of carbonyl (C=O) groups excluding carboxylic acids is 3. The monoisotopic (exact) mass is 212 g/mol. The first kappa shape index (κ1) is 11.7. The van der Waals surface area contributed by atoms with Crippen LogP contribution in [-0.4, -0.2) is 35.7 Å². The van der Waals surface area contributed by atoms with Gasteiger partial charge in [-0.2, -0.15) is 0 Å². The molecule has 0 aromatic rings. The van der Waals surface area contributed by atoms with E-state index in [2.05, 4.69) is 5.32 Å². The molecule has 5 heteroatoms. The largest absolute Gasteiger partial charge is 0.344 e. The molecule has 1 rings (SSSR count). The minimum absolute atomic E-state index is 0.152. The van der Waals surface area contributed by atoms with Crippen molar-refractivity contribution in [1.29, 1.82) is 0 Å². The lowest BCUT2D eigenvalue weighted by Gasteiger charge is -2.28. The Kier molecular flexibility index (Phi) is 3.44. The van der Waals surface area contributed by atoms with Gasteiger partial charge in [0.25, 0.3) is 5.91 Å². The van der Waals surface area contributed by atoms with E-state index in [1.54, 1.807) is 13.8 Å². The Labute approximate surface area is 88.8 Å². The van der Waals surface area contributed by atoms with Crippen LogP contribution >= 0.6 is 0 Å². The number of likely N-dealkylation sites (tertiary alicyclic amines) is 1. The molecule has 1 N–H and O–H groups in total. The van der Waals surface area contributed by atoms with Gasteiger partial charge in [0, 0.05) is 19.4 Å². The molecule has 0 saturated carbocycles. The maximum absolute atomic E-state index is 11.6. The van der Waals surface area contributed by atoms with E-state index in [1.165, 1.54) is 7.05 Å². The topological polar surface area (TPSA) is 66.5 Å². The van der Waals surface area contributed by atoms with Gasteiger partial charge in [-0.05, 0) is 6.42 Å². The van der Waals surface area contributed by atoms with E-state index in [-0.39, 0.29) is 23.6 Å². The third kappa shape index (κ3) is 2.55. The number of hydrogen-bond donors (Lipinski definition) is 1. The molecule has 1 fully saturated rings. The summed E-state index contributed by atoms with van der Waals surface area (Å²) in [6.07, 6.45) is 0.714. The highest BCUT2D eigenvalue weighted by atomic mass is 16.2. The number of likely N-dealkylation sites (N-methyl/N-ethyl adjacent to an activating group) is 1. The van der Waals surface area contributed by atoms with Gasteiger partial charge >= 0.3 is 0 Å². The van der Waals surface area contributed by atoms with Crippen molar-refractivity contribution < 1.29 is 14.4 Å². The van der Waals surface area contributed by atoms with Gasteiger partial charge in [-0.15, -0.1) is 0 Å². The zero-order chi connectivity index (χ0) is 11.6. The summed E-state index contributed by atoms with van der Waals surface area (Å²) >= 11 is 0. The molecule has 1 atom stereocenters. The Morgan fingerprint density at radius 2 is 2.07 bits per heavy atom. The van der Waals surface area contributed by atoms with Gasteiger partial charge in [0.1, 0.15) is 6.04 Å². The molecule has 1 saturated heterocycles. The van der Waals surface area contributed by atoms with Crippen LogP contribution in [0.1, 0.15) is 26.7 Å². The van der Waals surface area contributed by atoms with E-state index < -0.39 is 6.04 Å². The summed E-state index contributed by atoms with van der Waals surface area (Å²) < 4.78 is 0. The molecule has 15 heavy (non-hydrogen) atoms. The number of amides is 3. The maximum atomic E-state index is 11.6. The van der Waals surface area contributed by atoms with Gasteiger partial charge in [-0.25, -0.2) is 0 Å². The first-order valence-corrected chi connectivity index (χ1v) is 5.04. The summed E-state index contributed by atoms with van der Waals surface area (Å²) in [4.78, 5) is 35.2. The van der Waals surface area contributed by atoms with E-state index in [0.29, 0.717) is 12.8 Å². The lowest BCUT2D eigenvalue weighted by Crippen LogP contribution is -2.53. The van der Waals surface area contributed by atoms with Crippen LogP contribution in [0.5, 0.6) is 0 Å². The lowest BCUT2D eigenvalue weighted by atomic mass is 10.0. The Morgan fingerprint density at radius 1 is 1.47 bits per heavy atom. The fourth-order valence-electron chi connectivity index (χ4n) is 1.39. The first-order chi connectivity index (χ1) is 6.93. The molecular formula is C10H16N2O3. The van der Waals surface area contributed by atoms with Crippen molar-refractivity contribution in [1.82, 2.24) is 10.2 Å². The number of carbonyl (C=O) groups is 3. The zero-order valence-electron chi connectivity index (χ0n) is 9.24. The number of nitrogens with one attached hydrogen (secondary N) is 1. The molecule has 3 amide bonds. The third-order valence-electron chi connectivity index (χ3n) is 2.49. The van der Waals surface area contributed by atoms with E-state index in [0.717, 1.165) is 4.90 Å². The fourth-order valence-corrected chi connectivity index (χ4v) is 1.39. The summed E-state index contributed by atoms with van der Waals surface area (Å²) in [6, 6.07) is -0.539. The molecule has 84 valence electrons. The van der Waals surface area contributed by atoms with Crippen molar-refractivity contribution in [2.24, 2.45) is 5.92 Å². The van der Waals surface area contributed by atoms with Crippen LogP contribution in [0, 0.1) is 5.92 Å². The predicted molar refractivity (Wildman–Crippen MR) is 53.8 cm³/mol. The zero-order valence-corrected chi connectivity index (χ0v) is 9.24. The SMILES string of the molecule is CC(C)C(=O)NC1CCC(=O)N(C)C1=O. The molecule has 0 spiro atoms. The Hall–Kier alpha value is -1.39. The first-order valence-electron chi connectivity index (χ1n) is 5.04. The standard InChI is InChI=1S/C10H16N2O3/c1-6(2)9(14)11-7-4-5-8(13)12(3)10(7)15/h6-7H,4-5H2,1-3H3,(H,11,14). The second-order valence-electron chi connectivity index (χ2n) is 4.05. The molecule has 1 aliphatic heterocycles. The average Bonchev–Trinajstić information content (AvgIpc) is 2.18. The average molecular weight is 212 g/mol. The molecule has 1 heterocycles. The predicted octanol–water partition coefficient (Wildman–Crippen LogP) is -0.0940. The van der Waals surface area contributed by atoms with Gasteiger partial charge in [0.2, 0.25) is 11.8 Å². The van der Waals surface area contributed by atoms with E-state index in [1.807, 2.05) is 0 Å². The second kappa shape index (κ2) is 4.42. The summed E-state index contributed by atoms with van der Waals surface area (Å²) in [7, 11) is 1.44. The van der Waals surface area contributed by atoms with Crippen molar-refractivity contribution in [3.05, 3.63) is 0 Å². The number of rotatable bonds is 2. The highest BCUT2D eigenvalue weighted by Crippen LogP contribution is 2.11. The van der Waals surface area contributed by atoms with Crippen LogP contribution < -0.4 is 5.32 Å². The summed E-state index contributed by atoms with van der Waals surface area (Å²) in [5, 5.41) is 2.64. The van der Waals surface area contributed by atoms with Crippen LogP contribution in [0.3, 0.4) is 0 Å². The van der Waals surface area contributed by atoms with Gasteiger partial charge in [0.05, 0.1) is 0 Å². The minimum Gasteiger partial charge on any atom is -0.344 e. The van der Waals surface area contributed by atoms with Gasteiger partial charge in [-0.3, -0.25) is 19.3 Å². The van der Waals surface area contributed by atoms with Crippen LogP contribution in [0.15, 0.2) is 0 Å². The van der Waals surface area contributed by atoms with Crippen LogP contribution in [-0.2, 0) is 14.4 Å². The van der Waals surface area contributed by atoms with Crippen molar-refractivity contribution in [3.8, 4) is 0 Å². The molecule has 0 radical (unpaired) electrons. The lowest BCUT2D eigenvalue weighted by molar-refractivity contribution is -0.149. The Balaban J connectivity index is 2.61. The molecule has 1 unspecified atom stereocenters. The second-order valence-corrected chi connectivity index (χ2v) is 4.05. The number of nitrogens with zero attached hydrogens (tertiary/aromatic N) is 1. The van der Waals surface area contributed by atoms with Crippen LogP contribution in [0.4, 0.5) is 0 Å². The quantitative estimate of drug-likeness (QED) is 0.650. The molecule has 5 nitrogen and oxygen atoms in total. The van der Waals surface area contributed by atoms with Crippen molar-refractivity contribution in [2.75, 3.05) is 7.05 Å². The van der Waals surface area contributed by atoms with Gasteiger partial charge < -0.3 is 5.32 Å². The normalized spacial score (nSPS) is 22.1. The number of piperidine rings is 1. The summed E-state index contributed by atoms with van der Waals surface area (Å²) in [6.45, 7) is 3.52. The molecule has 0 aliphatic carbocycles. The van der Waals surface area contributed by atoms with Crippen LogP contribution in [0.25, 0.3) is 0 Å². The minimum atomic E-state index is -0.539. The Bertz CT molecular complexity index is 299. The maximum Gasteiger partial charge on any atom is 0.251 e. The fraction of sp³-hybridized carbons (Fsp3) is 0.700. The van der Waals surface area contributed by atoms with Crippen LogP contribution in [0.2, 0.25) is 0 Å². The van der Waals surface area contributed by atoms with E-state index >= 15 is 0 Å². The van der Waals surface area contributed by atoms with Crippen molar-refractivity contribution in [2.45, 2.75) is 32.7 Å². The summed E-state index contributed by atoms with van der Waals surface area (Å²) in [5.74, 6) is -0.813. The molecule has 0 aromatic heterocycles. The summed E-state index contributed by atoms with van der Waals surface area (Å²) in [5.41, 5.74) is 0. The highest BCUT2D eigenvalue weighted by Gasteiger charge is 2.32. The number of imide groups is 1. The highest BCUT2D eigenvalue weighted by molar-refractivity contribution is 6.01.